The summed E-state index contributed by atoms with van der Waals surface area (Å²) >= 11 is 0. The first kappa shape index (κ1) is 18.0. The number of oxime groups is 1. The SMILES string of the molecule is CN(CCc1ccccc1)C(=O)CC1CC(c2ccc(F)c(F)c2)=NO1. The van der Waals surface area contributed by atoms with Crippen LogP contribution in [0, 0.1) is 11.6 Å². The van der Waals surface area contributed by atoms with Gasteiger partial charge in [0.15, 0.2) is 11.6 Å². The number of benzene rings is 2. The van der Waals surface area contributed by atoms with Crippen molar-refractivity contribution in [2.45, 2.75) is 25.4 Å². The lowest BCUT2D eigenvalue weighted by Gasteiger charge is -2.18. The second-order valence-electron chi connectivity index (χ2n) is 6.35. The lowest BCUT2D eigenvalue weighted by molar-refractivity contribution is -0.132. The van der Waals surface area contributed by atoms with Crippen LogP contribution in [0.2, 0.25) is 0 Å². The smallest absolute Gasteiger partial charge is 0.226 e. The molecule has 0 fully saturated rings. The van der Waals surface area contributed by atoms with E-state index in [-0.39, 0.29) is 18.4 Å². The van der Waals surface area contributed by atoms with Crippen LogP contribution in [0.5, 0.6) is 0 Å². The lowest BCUT2D eigenvalue weighted by Crippen LogP contribution is -2.31. The van der Waals surface area contributed by atoms with Gasteiger partial charge in [0.25, 0.3) is 0 Å². The summed E-state index contributed by atoms with van der Waals surface area (Å²) in [6.07, 6.45) is 0.987. The second-order valence-corrected chi connectivity index (χ2v) is 6.35. The molecule has 2 aromatic rings. The van der Waals surface area contributed by atoms with Gasteiger partial charge in [0.2, 0.25) is 5.91 Å². The van der Waals surface area contributed by atoms with E-state index < -0.39 is 11.6 Å². The molecule has 0 N–H and O–H groups in total. The molecule has 0 radical (unpaired) electrons. The molecule has 0 aromatic heterocycles. The maximum absolute atomic E-state index is 13.3. The summed E-state index contributed by atoms with van der Waals surface area (Å²) in [4.78, 5) is 19.3. The summed E-state index contributed by atoms with van der Waals surface area (Å²) in [6, 6.07) is 13.6. The summed E-state index contributed by atoms with van der Waals surface area (Å²) in [5, 5.41) is 3.92. The Balaban J connectivity index is 1.49. The number of amides is 1. The summed E-state index contributed by atoms with van der Waals surface area (Å²) in [5.74, 6) is -1.86. The van der Waals surface area contributed by atoms with E-state index in [9.17, 15) is 13.6 Å². The Bertz CT molecular complexity index is 809. The average Bonchev–Trinajstić information content (AvgIpc) is 3.11. The molecule has 0 bridgehead atoms. The quantitative estimate of drug-likeness (QED) is 0.792. The summed E-state index contributed by atoms with van der Waals surface area (Å²) < 4.78 is 26.4. The molecule has 1 amide bonds. The van der Waals surface area contributed by atoms with Crippen LogP contribution < -0.4 is 0 Å². The highest BCUT2D eigenvalue weighted by Crippen LogP contribution is 2.21. The van der Waals surface area contributed by atoms with Crippen molar-refractivity contribution in [3.8, 4) is 0 Å². The van der Waals surface area contributed by atoms with Gasteiger partial charge in [-0.1, -0.05) is 35.5 Å². The normalized spacial score (nSPS) is 16.1. The lowest BCUT2D eigenvalue weighted by atomic mass is 10.0. The zero-order chi connectivity index (χ0) is 18.5. The van der Waals surface area contributed by atoms with Gasteiger partial charge in [-0.2, -0.15) is 0 Å². The topological polar surface area (TPSA) is 41.9 Å². The molecule has 1 heterocycles. The van der Waals surface area contributed by atoms with Crippen LogP contribution in [-0.4, -0.2) is 36.2 Å². The molecular formula is C20H20F2N2O2. The van der Waals surface area contributed by atoms with Crippen LogP contribution in [0.4, 0.5) is 8.78 Å². The molecule has 1 unspecified atom stereocenters. The molecule has 136 valence electrons. The molecule has 6 heteroatoms. The molecule has 0 saturated heterocycles. The summed E-state index contributed by atoms with van der Waals surface area (Å²) in [6.45, 7) is 0.618. The third-order valence-electron chi connectivity index (χ3n) is 4.39. The minimum atomic E-state index is -0.926. The van der Waals surface area contributed by atoms with Crippen molar-refractivity contribution in [2.75, 3.05) is 13.6 Å². The van der Waals surface area contributed by atoms with Crippen molar-refractivity contribution in [2.24, 2.45) is 5.16 Å². The fourth-order valence-electron chi connectivity index (χ4n) is 2.80. The number of nitrogens with zero attached hydrogens (tertiary/aromatic N) is 2. The molecular weight excluding hydrogens is 338 g/mol. The van der Waals surface area contributed by atoms with E-state index >= 15 is 0 Å². The zero-order valence-corrected chi connectivity index (χ0v) is 14.5. The Hall–Kier alpha value is -2.76. The highest BCUT2D eigenvalue weighted by molar-refractivity contribution is 6.01. The van der Waals surface area contributed by atoms with Crippen molar-refractivity contribution < 1.29 is 18.4 Å². The third-order valence-corrected chi connectivity index (χ3v) is 4.39. The number of carbonyl (C=O) groups is 1. The van der Waals surface area contributed by atoms with Gasteiger partial charge in [0.05, 0.1) is 12.1 Å². The van der Waals surface area contributed by atoms with Crippen molar-refractivity contribution >= 4 is 11.6 Å². The predicted molar refractivity (Wildman–Crippen MR) is 94.8 cm³/mol. The standard InChI is InChI=1S/C20H20F2N2O2/c1-24(10-9-14-5-3-2-4-6-14)20(25)13-16-12-19(23-26-16)15-7-8-17(21)18(22)11-15/h2-8,11,16H,9-10,12-13H2,1H3. The number of halogens is 2. The molecule has 0 spiro atoms. The van der Waals surface area contributed by atoms with Crippen LogP contribution in [0.15, 0.2) is 53.7 Å². The first-order valence-corrected chi connectivity index (χ1v) is 8.49. The van der Waals surface area contributed by atoms with E-state index in [1.165, 1.54) is 11.6 Å². The number of hydrogen-bond acceptors (Lipinski definition) is 3. The van der Waals surface area contributed by atoms with Crippen LogP contribution >= 0.6 is 0 Å². The van der Waals surface area contributed by atoms with Crippen molar-refractivity contribution in [1.29, 1.82) is 0 Å². The third kappa shape index (κ3) is 4.45. The maximum atomic E-state index is 13.3. The molecule has 1 aliphatic heterocycles. The largest absolute Gasteiger partial charge is 0.391 e. The molecule has 1 atom stereocenters. The van der Waals surface area contributed by atoms with Gasteiger partial charge in [-0.3, -0.25) is 4.79 Å². The van der Waals surface area contributed by atoms with Crippen molar-refractivity contribution in [1.82, 2.24) is 4.90 Å². The van der Waals surface area contributed by atoms with Crippen LogP contribution in [0.25, 0.3) is 0 Å². The van der Waals surface area contributed by atoms with E-state index in [0.29, 0.717) is 24.2 Å². The Kier molecular flexibility index (Phi) is 5.61. The maximum Gasteiger partial charge on any atom is 0.226 e. The fraction of sp³-hybridized carbons (Fsp3) is 0.300. The minimum Gasteiger partial charge on any atom is -0.391 e. The Labute approximate surface area is 151 Å². The summed E-state index contributed by atoms with van der Waals surface area (Å²) in [5.41, 5.74) is 2.16. The number of carbonyl (C=O) groups excluding carboxylic acids is 1. The van der Waals surface area contributed by atoms with Crippen LogP contribution in [0.1, 0.15) is 24.0 Å². The molecule has 1 aliphatic rings. The monoisotopic (exact) mass is 358 g/mol. The van der Waals surface area contributed by atoms with Crippen LogP contribution in [0.3, 0.4) is 0 Å². The highest BCUT2D eigenvalue weighted by atomic mass is 19.2. The van der Waals surface area contributed by atoms with E-state index in [2.05, 4.69) is 5.16 Å². The number of hydrogen-bond donors (Lipinski definition) is 0. The van der Waals surface area contributed by atoms with Gasteiger partial charge in [-0.15, -0.1) is 0 Å². The summed E-state index contributed by atoms with van der Waals surface area (Å²) in [7, 11) is 1.76. The Morgan fingerprint density at radius 3 is 2.69 bits per heavy atom. The molecule has 0 saturated carbocycles. The van der Waals surface area contributed by atoms with Gasteiger partial charge < -0.3 is 9.74 Å². The van der Waals surface area contributed by atoms with E-state index in [1.54, 1.807) is 11.9 Å². The first-order chi connectivity index (χ1) is 12.5. The first-order valence-electron chi connectivity index (χ1n) is 8.49. The molecule has 26 heavy (non-hydrogen) atoms. The van der Waals surface area contributed by atoms with Crippen LogP contribution in [-0.2, 0) is 16.1 Å². The Morgan fingerprint density at radius 1 is 1.19 bits per heavy atom. The van der Waals surface area contributed by atoms with Gasteiger partial charge in [0, 0.05) is 25.6 Å². The molecule has 4 nitrogen and oxygen atoms in total. The van der Waals surface area contributed by atoms with Gasteiger partial charge in [-0.25, -0.2) is 8.78 Å². The van der Waals surface area contributed by atoms with E-state index in [0.717, 1.165) is 18.6 Å². The van der Waals surface area contributed by atoms with Crippen molar-refractivity contribution in [3.05, 3.63) is 71.3 Å². The molecule has 2 aromatic carbocycles. The van der Waals surface area contributed by atoms with Crippen molar-refractivity contribution in [3.63, 3.8) is 0 Å². The second kappa shape index (κ2) is 8.08. The molecule has 3 rings (SSSR count). The zero-order valence-electron chi connectivity index (χ0n) is 14.5. The Morgan fingerprint density at radius 2 is 1.96 bits per heavy atom. The van der Waals surface area contributed by atoms with E-state index in [4.69, 9.17) is 4.84 Å². The van der Waals surface area contributed by atoms with E-state index in [1.807, 2.05) is 30.3 Å². The average molecular weight is 358 g/mol. The minimum absolute atomic E-state index is 0.0346. The number of likely N-dealkylation sites (N-methyl/N-ethyl adjacent to an activating group) is 1. The molecule has 0 aliphatic carbocycles. The predicted octanol–water partition coefficient (Wildman–Crippen LogP) is 3.55. The number of rotatable bonds is 6. The fourth-order valence-corrected chi connectivity index (χ4v) is 2.80. The van der Waals surface area contributed by atoms with Gasteiger partial charge in [0.1, 0.15) is 6.10 Å². The van der Waals surface area contributed by atoms with Gasteiger partial charge in [-0.05, 0) is 30.2 Å². The highest BCUT2D eigenvalue weighted by Gasteiger charge is 2.26. The van der Waals surface area contributed by atoms with Gasteiger partial charge >= 0.3 is 0 Å².